The van der Waals surface area contributed by atoms with Gasteiger partial charge in [0.2, 0.25) is 6.79 Å². The average Bonchev–Trinajstić information content (AvgIpc) is 3.25. The fraction of sp³-hybridized carbons (Fsp3) is 0.188. The first-order valence-electron chi connectivity index (χ1n) is 13.1. The van der Waals surface area contributed by atoms with Crippen molar-refractivity contribution in [3.63, 3.8) is 0 Å². The molecule has 0 saturated heterocycles. The highest BCUT2D eigenvalue weighted by molar-refractivity contribution is 6.01. The number of rotatable bonds is 5. The van der Waals surface area contributed by atoms with E-state index in [1.165, 1.54) is 38.1 Å². The standard InChI is InChI=1S/C32H24FNO9/c1-16(35)39-15-40-30(37)18-5-9-23-22(13-18)31(38)43-32(23)24-10-6-19(34(3)4)14-27(24)42-29-21-8-12-26(41-17(2)36)28(33)20(21)7-11-25(29)32/h5-14H,15H2,1-4H3. The number of nitrogens with zero attached hydrogens (tertiary/aromatic N) is 1. The van der Waals surface area contributed by atoms with Crippen LogP contribution in [0, 0.1) is 5.82 Å². The summed E-state index contributed by atoms with van der Waals surface area (Å²) in [6.45, 7) is 1.79. The van der Waals surface area contributed by atoms with Crippen molar-refractivity contribution in [1.29, 1.82) is 0 Å². The summed E-state index contributed by atoms with van der Waals surface area (Å²) in [5, 5.41) is 0.497. The van der Waals surface area contributed by atoms with Gasteiger partial charge in [0.15, 0.2) is 17.2 Å². The van der Waals surface area contributed by atoms with Crippen molar-refractivity contribution < 1.29 is 47.3 Å². The Kier molecular flexibility index (Phi) is 6.52. The van der Waals surface area contributed by atoms with E-state index in [9.17, 15) is 19.2 Å². The van der Waals surface area contributed by atoms with Crippen LogP contribution in [0.4, 0.5) is 10.1 Å². The molecule has 10 nitrogen and oxygen atoms in total. The number of fused-ring (bicyclic) bond motifs is 8. The van der Waals surface area contributed by atoms with Gasteiger partial charge in [0, 0.05) is 67.2 Å². The van der Waals surface area contributed by atoms with E-state index < -0.39 is 42.1 Å². The van der Waals surface area contributed by atoms with Crippen molar-refractivity contribution in [2.45, 2.75) is 19.4 Å². The molecule has 6 rings (SSSR count). The molecule has 0 N–H and O–H groups in total. The van der Waals surface area contributed by atoms with Crippen molar-refractivity contribution in [3.8, 4) is 17.2 Å². The molecule has 1 atom stereocenters. The van der Waals surface area contributed by atoms with Gasteiger partial charge in [-0.25, -0.2) is 14.0 Å². The summed E-state index contributed by atoms with van der Waals surface area (Å²) in [5.41, 5.74) is 0.869. The quantitative estimate of drug-likeness (QED) is 0.175. The Morgan fingerprint density at radius 3 is 2.30 bits per heavy atom. The Labute approximate surface area is 244 Å². The van der Waals surface area contributed by atoms with Crippen LogP contribution in [0.5, 0.6) is 17.2 Å². The molecule has 1 spiro atoms. The molecule has 0 fully saturated rings. The number of anilines is 1. The second-order valence-electron chi connectivity index (χ2n) is 10.2. The maximum Gasteiger partial charge on any atom is 0.341 e. The Bertz CT molecular complexity index is 1880. The molecule has 0 aromatic heterocycles. The minimum atomic E-state index is -1.50. The number of halogens is 1. The fourth-order valence-electron chi connectivity index (χ4n) is 5.41. The fourth-order valence-corrected chi connectivity index (χ4v) is 5.41. The van der Waals surface area contributed by atoms with E-state index >= 15 is 4.39 Å². The highest BCUT2D eigenvalue weighted by Crippen LogP contribution is 2.58. The lowest BCUT2D eigenvalue weighted by molar-refractivity contribution is -0.149. The largest absolute Gasteiger partial charge is 0.456 e. The predicted molar refractivity (Wildman–Crippen MR) is 150 cm³/mol. The molecule has 0 bridgehead atoms. The van der Waals surface area contributed by atoms with Crippen LogP contribution in [0.15, 0.2) is 60.7 Å². The van der Waals surface area contributed by atoms with E-state index in [1.807, 2.05) is 25.1 Å². The Hall–Kier alpha value is -5.45. The molecule has 11 heteroatoms. The zero-order chi connectivity index (χ0) is 30.6. The van der Waals surface area contributed by atoms with Gasteiger partial charge in [-0.05, 0) is 42.5 Å². The summed E-state index contributed by atoms with van der Waals surface area (Å²) >= 11 is 0. The van der Waals surface area contributed by atoms with E-state index in [-0.39, 0.29) is 28.0 Å². The average molecular weight is 586 g/mol. The van der Waals surface area contributed by atoms with Crippen LogP contribution < -0.4 is 14.4 Å². The molecule has 0 aliphatic carbocycles. The second kappa shape index (κ2) is 10.1. The number of carbonyl (C=O) groups is 4. The monoisotopic (exact) mass is 585 g/mol. The third kappa shape index (κ3) is 4.40. The summed E-state index contributed by atoms with van der Waals surface area (Å²) in [4.78, 5) is 50.5. The molecule has 2 aliphatic rings. The SMILES string of the molecule is CC(=O)OCOC(=O)c1ccc2c(c1)C(=O)OC21c2ccc(N(C)C)cc2Oc2c1ccc1c(F)c(OC(C)=O)ccc21. The van der Waals surface area contributed by atoms with Gasteiger partial charge in [-0.15, -0.1) is 0 Å². The molecular weight excluding hydrogens is 561 g/mol. The molecule has 43 heavy (non-hydrogen) atoms. The zero-order valence-corrected chi connectivity index (χ0v) is 23.5. The zero-order valence-electron chi connectivity index (χ0n) is 23.5. The number of esters is 4. The summed E-state index contributed by atoms with van der Waals surface area (Å²) in [6, 6.07) is 15.9. The number of ether oxygens (including phenoxy) is 5. The van der Waals surface area contributed by atoms with Gasteiger partial charge in [-0.1, -0.05) is 12.1 Å². The Balaban J connectivity index is 1.55. The van der Waals surface area contributed by atoms with E-state index in [0.29, 0.717) is 27.8 Å². The van der Waals surface area contributed by atoms with Gasteiger partial charge in [0.05, 0.1) is 11.1 Å². The van der Waals surface area contributed by atoms with Crippen LogP contribution in [0.1, 0.15) is 51.3 Å². The number of carbonyl (C=O) groups excluding carboxylic acids is 4. The molecule has 0 amide bonds. The predicted octanol–water partition coefficient (Wildman–Crippen LogP) is 5.22. The summed E-state index contributed by atoms with van der Waals surface area (Å²) < 4.78 is 42.8. The van der Waals surface area contributed by atoms with Crippen LogP contribution in [-0.2, 0) is 29.4 Å². The van der Waals surface area contributed by atoms with Crippen LogP contribution in [0.2, 0.25) is 0 Å². The van der Waals surface area contributed by atoms with Crippen LogP contribution in [0.25, 0.3) is 10.8 Å². The minimum absolute atomic E-state index is 0.0500. The molecule has 1 unspecified atom stereocenters. The van der Waals surface area contributed by atoms with E-state index in [0.717, 1.165) is 5.69 Å². The van der Waals surface area contributed by atoms with Gasteiger partial charge < -0.3 is 28.6 Å². The van der Waals surface area contributed by atoms with Gasteiger partial charge in [0.1, 0.15) is 11.5 Å². The molecular formula is C32H24FNO9. The van der Waals surface area contributed by atoms with Crippen molar-refractivity contribution in [1.82, 2.24) is 0 Å². The first-order valence-corrected chi connectivity index (χ1v) is 13.1. The van der Waals surface area contributed by atoms with Crippen molar-refractivity contribution in [2.24, 2.45) is 0 Å². The lowest BCUT2D eigenvalue weighted by atomic mass is 9.76. The normalized spacial score (nSPS) is 16.0. The molecule has 2 aliphatic heterocycles. The minimum Gasteiger partial charge on any atom is -0.456 e. The second-order valence-corrected chi connectivity index (χ2v) is 10.2. The van der Waals surface area contributed by atoms with Crippen LogP contribution in [0.3, 0.4) is 0 Å². The molecule has 0 saturated carbocycles. The van der Waals surface area contributed by atoms with Crippen molar-refractivity contribution >= 4 is 40.3 Å². The van der Waals surface area contributed by atoms with E-state index in [1.54, 1.807) is 30.3 Å². The molecule has 4 aromatic carbocycles. The van der Waals surface area contributed by atoms with Crippen molar-refractivity contribution in [3.05, 3.63) is 94.3 Å². The third-order valence-electron chi connectivity index (χ3n) is 7.31. The lowest BCUT2D eigenvalue weighted by Crippen LogP contribution is -2.33. The first-order chi connectivity index (χ1) is 20.5. The van der Waals surface area contributed by atoms with Gasteiger partial charge in [0.25, 0.3) is 0 Å². The van der Waals surface area contributed by atoms with Gasteiger partial charge >= 0.3 is 23.9 Å². The molecule has 2 heterocycles. The first kappa shape index (κ1) is 27.7. The summed E-state index contributed by atoms with van der Waals surface area (Å²) in [5.74, 6) is -3.13. The van der Waals surface area contributed by atoms with Crippen molar-refractivity contribution in [2.75, 3.05) is 25.8 Å². The highest BCUT2D eigenvalue weighted by Gasteiger charge is 2.54. The third-order valence-corrected chi connectivity index (χ3v) is 7.31. The summed E-state index contributed by atoms with van der Waals surface area (Å²) in [7, 11) is 3.73. The molecule has 218 valence electrons. The van der Waals surface area contributed by atoms with E-state index in [4.69, 9.17) is 18.9 Å². The van der Waals surface area contributed by atoms with E-state index in [2.05, 4.69) is 4.74 Å². The Morgan fingerprint density at radius 1 is 0.860 bits per heavy atom. The Morgan fingerprint density at radius 2 is 1.58 bits per heavy atom. The maximum absolute atomic E-state index is 15.5. The van der Waals surface area contributed by atoms with Gasteiger partial charge in [-0.2, -0.15) is 0 Å². The molecule has 0 radical (unpaired) electrons. The molecule has 4 aromatic rings. The van der Waals surface area contributed by atoms with Crippen LogP contribution in [-0.4, -0.2) is 44.8 Å². The number of benzene rings is 4. The topological polar surface area (TPSA) is 118 Å². The van der Waals surface area contributed by atoms with Crippen LogP contribution >= 0.6 is 0 Å². The summed E-state index contributed by atoms with van der Waals surface area (Å²) in [6.07, 6.45) is 0. The highest BCUT2D eigenvalue weighted by atomic mass is 19.1. The number of hydrogen-bond donors (Lipinski definition) is 0. The lowest BCUT2D eigenvalue weighted by Gasteiger charge is -2.37. The smallest absolute Gasteiger partial charge is 0.341 e. The number of hydrogen-bond acceptors (Lipinski definition) is 10. The maximum atomic E-state index is 15.5. The van der Waals surface area contributed by atoms with Gasteiger partial charge in [-0.3, -0.25) is 9.59 Å².